The van der Waals surface area contributed by atoms with Crippen LogP contribution in [0.1, 0.15) is 31.2 Å². The summed E-state index contributed by atoms with van der Waals surface area (Å²) in [7, 11) is 0. The zero-order chi connectivity index (χ0) is 11.9. The first-order chi connectivity index (χ1) is 8.19. The number of halogens is 1. The van der Waals surface area contributed by atoms with Gasteiger partial charge in [-0.2, -0.15) is 0 Å². The number of rotatable bonds is 1. The molecule has 0 radical (unpaired) electrons. The lowest BCUT2D eigenvalue weighted by atomic mass is 9.79. The van der Waals surface area contributed by atoms with Crippen LogP contribution in [0.5, 0.6) is 0 Å². The van der Waals surface area contributed by atoms with Gasteiger partial charge in [-0.3, -0.25) is 0 Å². The molecule has 3 rings (SSSR count). The highest BCUT2D eigenvalue weighted by molar-refractivity contribution is 7.17. The van der Waals surface area contributed by atoms with E-state index in [1.807, 2.05) is 23.6 Å². The Hall–Kier alpha value is -0.930. The summed E-state index contributed by atoms with van der Waals surface area (Å²) in [6.45, 7) is 0. The normalized spacial score (nSPS) is 29.6. The largest absolute Gasteiger partial charge is 0.328 e. The Balaban J connectivity index is 2.10. The molecule has 1 aromatic heterocycles. The van der Waals surface area contributed by atoms with Crippen molar-refractivity contribution in [3.63, 3.8) is 0 Å². The molecular formula is C14H16FNS. The lowest BCUT2D eigenvalue weighted by Crippen LogP contribution is -2.36. The van der Waals surface area contributed by atoms with Crippen molar-refractivity contribution in [2.75, 3.05) is 0 Å². The van der Waals surface area contributed by atoms with E-state index in [4.69, 9.17) is 5.73 Å². The highest BCUT2D eigenvalue weighted by Crippen LogP contribution is 2.44. The lowest BCUT2D eigenvalue weighted by Gasteiger charge is -2.33. The fraction of sp³-hybridized carbons (Fsp3) is 0.429. The van der Waals surface area contributed by atoms with Crippen LogP contribution in [0.2, 0.25) is 0 Å². The Morgan fingerprint density at radius 3 is 3.06 bits per heavy atom. The van der Waals surface area contributed by atoms with Crippen molar-refractivity contribution in [3.05, 3.63) is 35.2 Å². The van der Waals surface area contributed by atoms with E-state index in [-0.39, 0.29) is 6.04 Å². The van der Waals surface area contributed by atoms with Gasteiger partial charge in [0, 0.05) is 22.7 Å². The first kappa shape index (κ1) is 11.2. The smallest absolute Gasteiger partial charge is 0.138 e. The van der Waals surface area contributed by atoms with Gasteiger partial charge in [-0.25, -0.2) is 4.39 Å². The van der Waals surface area contributed by atoms with Crippen LogP contribution in [0.4, 0.5) is 4.39 Å². The van der Waals surface area contributed by atoms with Crippen molar-refractivity contribution in [2.24, 2.45) is 5.73 Å². The van der Waals surface area contributed by atoms with Gasteiger partial charge in [0.1, 0.15) is 5.67 Å². The van der Waals surface area contributed by atoms with Gasteiger partial charge in [-0.05, 0) is 36.1 Å². The van der Waals surface area contributed by atoms with Gasteiger partial charge in [0.2, 0.25) is 0 Å². The molecular weight excluding hydrogens is 233 g/mol. The van der Waals surface area contributed by atoms with Gasteiger partial charge in [0.15, 0.2) is 0 Å². The van der Waals surface area contributed by atoms with Crippen molar-refractivity contribution in [2.45, 2.75) is 37.4 Å². The third-order valence-corrected chi connectivity index (χ3v) is 4.66. The second kappa shape index (κ2) is 4.07. The van der Waals surface area contributed by atoms with Crippen LogP contribution in [-0.2, 0) is 5.67 Å². The molecule has 2 unspecified atom stereocenters. The highest BCUT2D eigenvalue weighted by Gasteiger charge is 2.38. The molecule has 0 aliphatic heterocycles. The molecule has 0 amide bonds. The number of benzene rings is 1. The molecule has 0 saturated heterocycles. The average Bonchev–Trinajstić information content (AvgIpc) is 2.76. The second-order valence-corrected chi connectivity index (χ2v) is 5.88. The Morgan fingerprint density at radius 1 is 1.35 bits per heavy atom. The SMILES string of the molecule is NC1CCCC(F)(c2cccc3ccsc23)C1. The summed E-state index contributed by atoms with van der Waals surface area (Å²) in [6, 6.07) is 7.98. The van der Waals surface area contributed by atoms with Crippen LogP contribution in [0.25, 0.3) is 10.1 Å². The van der Waals surface area contributed by atoms with Gasteiger partial charge in [0.05, 0.1) is 0 Å². The van der Waals surface area contributed by atoms with E-state index in [9.17, 15) is 0 Å². The molecule has 0 bridgehead atoms. The highest BCUT2D eigenvalue weighted by atomic mass is 32.1. The van der Waals surface area contributed by atoms with Gasteiger partial charge in [0.25, 0.3) is 0 Å². The van der Waals surface area contributed by atoms with Crippen LogP contribution >= 0.6 is 11.3 Å². The molecule has 1 nitrogen and oxygen atoms in total. The quantitative estimate of drug-likeness (QED) is 0.813. The maximum absolute atomic E-state index is 15.1. The third-order valence-electron chi connectivity index (χ3n) is 3.70. The van der Waals surface area contributed by atoms with Crippen LogP contribution in [-0.4, -0.2) is 6.04 Å². The Bertz CT molecular complexity index is 536. The molecule has 2 N–H and O–H groups in total. The van der Waals surface area contributed by atoms with E-state index in [0.29, 0.717) is 12.8 Å². The van der Waals surface area contributed by atoms with E-state index >= 15 is 4.39 Å². The summed E-state index contributed by atoms with van der Waals surface area (Å²) in [5, 5.41) is 3.17. The van der Waals surface area contributed by atoms with Crippen molar-refractivity contribution >= 4 is 21.4 Å². The van der Waals surface area contributed by atoms with E-state index in [0.717, 1.165) is 28.5 Å². The maximum Gasteiger partial charge on any atom is 0.138 e. The van der Waals surface area contributed by atoms with Gasteiger partial charge < -0.3 is 5.73 Å². The Kier molecular flexibility index (Phi) is 2.68. The number of alkyl halides is 1. The Labute approximate surface area is 104 Å². The monoisotopic (exact) mass is 249 g/mol. The molecule has 1 aliphatic rings. The number of thiophene rings is 1. The van der Waals surface area contributed by atoms with E-state index < -0.39 is 5.67 Å². The first-order valence-corrected chi connectivity index (χ1v) is 6.98. The Morgan fingerprint density at radius 2 is 2.24 bits per heavy atom. The fourth-order valence-electron chi connectivity index (χ4n) is 2.85. The zero-order valence-electron chi connectivity index (χ0n) is 9.66. The standard InChI is InChI=1S/C14H16FNS/c15-14(7-2-4-11(16)9-14)12-5-1-3-10-6-8-17-13(10)12/h1,3,5-6,8,11H,2,4,7,9,16H2. The van der Waals surface area contributed by atoms with Crippen molar-refractivity contribution in [3.8, 4) is 0 Å². The predicted molar refractivity (Wildman–Crippen MR) is 71.1 cm³/mol. The molecule has 1 aliphatic carbocycles. The van der Waals surface area contributed by atoms with E-state index in [1.165, 1.54) is 0 Å². The van der Waals surface area contributed by atoms with Crippen LogP contribution in [0, 0.1) is 0 Å². The maximum atomic E-state index is 15.1. The molecule has 2 atom stereocenters. The number of hydrogen-bond donors (Lipinski definition) is 1. The van der Waals surface area contributed by atoms with E-state index in [2.05, 4.69) is 6.07 Å². The zero-order valence-corrected chi connectivity index (χ0v) is 10.5. The molecule has 2 aromatic rings. The predicted octanol–water partition coefficient (Wildman–Crippen LogP) is 3.97. The molecule has 1 heterocycles. The molecule has 1 saturated carbocycles. The second-order valence-electron chi connectivity index (χ2n) is 4.97. The van der Waals surface area contributed by atoms with Gasteiger partial charge >= 0.3 is 0 Å². The average molecular weight is 249 g/mol. The topological polar surface area (TPSA) is 26.0 Å². The van der Waals surface area contributed by atoms with Gasteiger partial charge in [-0.1, -0.05) is 18.2 Å². The summed E-state index contributed by atoms with van der Waals surface area (Å²) in [6.07, 6.45) is 2.91. The summed E-state index contributed by atoms with van der Waals surface area (Å²) in [5.74, 6) is 0. The summed E-state index contributed by atoms with van der Waals surface area (Å²) >= 11 is 1.63. The summed E-state index contributed by atoms with van der Waals surface area (Å²) < 4.78 is 16.2. The minimum absolute atomic E-state index is 0.00367. The third kappa shape index (κ3) is 1.87. The number of fused-ring (bicyclic) bond motifs is 1. The molecule has 17 heavy (non-hydrogen) atoms. The lowest BCUT2D eigenvalue weighted by molar-refractivity contribution is 0.0966. The minimum Gasteiger partial charge on any atom is -0.328 e. The van der Waals surface area contributed by atoms with Crippen molar-refractivity contribution < 1.29 is 4.39 Å². The van der Waals surface area contributed by atoms with Crippen LogP contribution < -0.4 is 5.73 Å². The van der Waals surface area contributed by atoms with Crippen molar-refractivity contribution in [1.82, 2.24) is 0 Å². The summed E-state index contributed by atoms with van der Waals surface area (Å²) in [5.41, 5.74) is 5.56. The molecule has 0 spiro atoms. The number of nitrogens with two attached hydrogens (primary N) is 1. The fourth-order valence-corrected chi connectivity index (χ4v) is 3.86. The van der Waals surface area contributed by atoms with Crippen molar-refractivity contribution in [1.29, 1.82) is 0 Å². The molecule has 1 fully saturated rings. The summed E-state index contributed by atoms with van der Waals surface area (Å²) in [4.78, 5) is 0. The first-order valence-electron chi connectivity index (χ1n) is 6.10. The number of hydrogen-bond acceptors (Lipinski definition) is 2. The van der Waals surface area contributed by atoms with Crippen LogP contribution in [0.15, 0.2) is 29.6 Å². The molecule has 3 heteroatoms. The molecule has 1 aromatic carbocycles. The minimum atomic E-state index is -1.22. The molecule has 90 valence electrons. The van der Waals surface area contributed by atoms with Gasteiger partial charge in [-0.15, -0.1) is 11.3 Å². The van der Waals surface area contributed by atoms with Crippen LogP contribution in [0.3, 0.4) is 0 Å². The van der Waals surface area contributed by atoms with E-state index in [1.54, 1.807) is 11.3 Å².